The Morgan fingerprint density at radius 2 is 1.61 bits per heavy atom. The predicted octanol–water partition coefficient (Wildman–Crippen LogP) is 2.33. The van der Waals surface area contributed by atoms with E-state index in [1.54, 1.807) is 24.3 Å². The molecule has 0 aliphatic heterocycles. The first-order chi connectivity index (χ1) is 13.5. The summed E-state index contributed by atoms with van der Waals surface area (Å²) in [6, 6.07) is 13.8. The molecule has 0 saturated heterocycles. The fourth-order valence-corrected chi connectivity index (χ4v) is 2.32. The molecule has 2 aromatic rings. The Bertz CT molecular complexity index is 818. The normalized spacial score (nSPS) is 10.1. The molecule has 0 aliphatic carbocycles. The number of aryl methyl sites for hydroxylation is 1. The molecule has 0 bridgehead atoms. The number of carbonyl (C=O) groups is 3. The van der Waals surface area contributed by atoms with Gasteiger partial charge in [0.25, 0.3) is 5.91 Å². The van der Waals surface area contributed by atoms with Crippen molar-refractivity contribution in [2.75, 3.05) is 13.2 Å². The highest BCUT2D eigenvalue weighted by molar-refractivity contribution is 5.89. The summed E-state index contributed by atoms with van der Waals surface area (Å²) in [5, 5.41) is 0. The van der Waals surface area contributed by atoms with Crippen LogP contribution in [0, 0.1) is 6.92 Å². The lowest BCUT2D eigenvalue weighted by atomic mass is 10.1. The highest BCUT2D eigenvalue weighted by Gasteiger charge is 2.09. The maximum absolute atomic E-state index is 11.9. The second kappa shape index (κ2) is 10.7. The number of amides is 2. The lowest BCUT2D eigenvalue weighted by molar-refractivity contribution is -0.129. The molecule has 0 radical (unpaired) electrons. The van der Waals surface area contributed by atoms with Gasteiger partial charge in [-0.15, -0.1) is 0 Å². The fourth-order valence-electron chi connectivity index (χ4n) is 2.32. The van der Waals surface area contributed by atoms with Gasteiger partial charge in [-0.25, -0.2) is 4.79 Å². The van der Waals surface area contributed by atoms with Crippen molar-refractivity contribution in [3.8, 4) is 5.75 Å². The zero-order valence-electron chi connectivity index (χ0n) is 16.0. The van der Waals surface area contributed by atoms with Crippen LogP contribution in [0.25, 0.3) is 0 Å². The molecule has 0 saturated carbocycles. The van der Waals surface area contributed by atoms with Gasteiger partial charge in [0.05, 0.1) is 18.6 Å². The average Bonchev–Trinajstić information content (AvgIpc) is 2.71. The third-order valence-corrected chi connectivity index (χ3v) is 3.85. The summed E-state index contributed by atoms with van der Waals surface area (Å²) in [6.07, 6.45) is 0.924. The number of rotatable bonds is 8. The van der Waals surface area contributed by atoms with Crippen LogP contribution in [-0.4, -0.2) is 31.0 Å². The Kier molecular flexibility index (Phi) is 8.02. The third-order valence-electron chi connectivity index (χ3n) is 3.85. The van der Waals surface area contributed by atoms with Crippen LogP contribution in [0.3, 0.4) is 0 Å². The summed E-state index contributed by atoms with van der Waals surface area (Å²) in [7, 11) is 0. The molecule has 0 aliphatic rings. The van der Waals surface area contributed by atoms with Gasteiger partial charge in [0.15, 0.2) is 6.61 Å². The summed E-state index contributed by atoms with van der Waals surface area (Å²) in [6.45, 7) is 3.93. The minimum atomic E-state index is -0.496. The molecule has 2 rings (SSSR count). The topological polar surface area (TPSA) is 93.7 Å². The van der Waals surface area contributed by atoms with E-state index in [1.807, 2.05) is 38.1 Å². The van der Waals surface area contributed by atoms with Crippen LogP contribution in [0.1, 0.15) is 34.8 Å². The maximum Gasteiger partial charge on any atom is 0.338 e. The zero-order chi connectivity index (χ0) is 20.4. The molecule has 7 nitrogen and oxygen atoms in total. The van der Waals surface area contributed by atoms with Crippen molar-refractivity contribution in [1.82, 2.24) is 10.9 Å². The molecule has 2 amide bonds. The molecular weight excluding hydrogens is 360 g/mol. The quantitative estimate of drug-likeness (QED) is 0.538. The summed E-state index contributed by atoms with van der Waals surface area (Å²) >= 11 is 0. The lowest BCUT2D eigenvalue weighted by Crippen LogP contribution is -2.44. The minimum absolute atomic E-state index is 0.170. The van der Waals surface area contributed by atoms with E-state index in [4.69, 9.17) is 9.47 Å². The summed E-state index contributed by atoms with van der Waals surface area (Å²) in [4.78, 5) is 35.4. The van der Waals surface area contributed by atoms with Gasteiger partial charge in [-0.3, -0.25) is 20.4 Å². The Morgan fingerprint density at radius 1 is 0.929 bits per heavy atom. The molecule has 0 aromatic heterocycles. The minimum Gasteiger partial charge on any atom is -0.484 e. The molecule has 0 atom stereocenters. The van der Waals surface area contributed by atoms with Crippen LogP contribution in [-0.2, 0) is 20.7 Å². The van der Waals surface area contributed by atoms with E-state index in [9.17, 15) is 14.4 Å². The number of hydrazine groups is 1. The first-order valence-electron chi connectivity index (χ1n) is 9.01. The smallest absolute Gasteiger partial charge is 0.338 e. The van der Waals surface area contributed by atoms with E-state index in [2.05, 4.69) is 10.9 Å². The van der Waals surface area contributed by atoms with Crippen molar-refractivity contribution in [3.63, 3.8) is 0 Å². The van der Waals surface area contributed by atoms with Crippen molar-refractivity contribution in [2.45, 2.75) is 26.7 Å². The number of ether oxygens (including phenoxy) is 2. The first-order valence-corrected chi connectivity index (χ1v) is 9.01. The van der Waals surface area contributed by atoms with E-state index < -0.39 is 11.9 Å². The third kappa shape index (κ3) is 6.75. The number of esters is 1. The van der Waals surface area contributed by atoms with Gasteiger partial charge < -0.3 is 9.47 Å². The Labute approximate surface area is 164 Å². The van der Waals surface area contributed by atoms with Crippen molar-refractivity contribution >= 4 is 17.8 Å². The summed E-state index contributed by atoms with van der Waals surface area (Å²) in [5.74, 6) is -0.793. The van der Waals surface area contributed by atoms with Crippen molar-refractivity contribution in [3.05, 3.63) is 65.2 Å². The molecule has 0 fully saturated rings. The summed E-state index contributed by atoms with van der Waals surface area (Å²) < 4.78 is 10.4. The average molecular weight is 384 g/mol. The highest BCUT2D eigenvalue weighted by Crippen LogP contribution is 2.13. The van der Waals surface area contributed by atoms with Crippen molar-refractivity contribution in [2.24, 2.45) is 0 Å². The Hall–Kier alpha value is -3.35. The van der Waals surface area contributed by atoms with E-state index in [0.717, 1.165) is 17.5 Å². The fraction of sp³-hybridized carbons (Fsp3) is 0.286. The van der Waals surface area contributed by atoms with Gasteiger partial charge in [-0.2, -0.15) is 0 Å². The number of carbonyl (C=O) groups excluding carboxylic acids is 3. The van der Waals surface area contributed by atoms with Gasteiger partial charge in [0, 0.05) is 0 Å². The highest BCUT2D eigenvalue weighted by atomic mass is 16.5. The van der Waals surface area contributed by atoms with Crippen LogP contribution in [0.4, 0.5) is 0 Å². The predicted molar refractivity (Wildman–Crippen MR) is 104 cm³/mol. The van der Waals surface area contributed by atoms with Crippen molar-refractivity contribution in [1.29, 1.82) is 0 Å². The second-order valence-corrected chi connectivity index (χ2v) is 6.15. The molecule has 7 heteroatoms. The molecule has 0 spiro atoms. The molecule has 2 aromatic carbocycles. The number of hydrogen-bond acceptors (Lipinski definition) is 5. The van der Waals surface area contributed by atoms with E-state index in [1.165, 1.54) is 0 Å². The SMILES string of the molecule is CCCOC(=O)c1ccc(OCC(=O)NNC(=O)Cc2ccccc2C)cc1. The molecule has 2 N–H and O–H groups in total. The monoisotopic (exact) mass is 384 g/mol. The van der Waals surface area contributed by atoms with Crippen LogP contribution >= 0.6 is 0 Å². The van der Waals surface area contributed by atoms with E-state index in [0.29, 0.717) is 17.9 Å². The maximum atomic E-state index is 11.9. The van der Waals surface area contributed by atoms with Crippen LogP contribution in [0.2, 0.25) is 0 Å². The summed E-state index contributed by atoms with van der Waals surface area (Å²) in [5.41, 5.74) is 6.98. The van der Waals surface area contributed by atoms with Gasteiger partial charge in [0.2, 0.25) is 5.91 Å². The zero-order valence-corrected chi connectivity index (χ0v) is 16.0. The standard InChI is InChI=1S/C21H24N2O5/c1-3-12-27-21(26)16-8-10-18(11-9-16)28-14-20(25)23-22-19(24)13-17-7-5-4-6-15(17)2/h4-11H,3,12-14H2,1-2H3,(H,22,24)(H,23,25). The number of benzene rings is 2. The largest absolute Gasteiger partial charge is 0.484 e. The van der Waals surface area contributed by atoms with Crippen LogP contribution < -0.4 is 15.6 Å². The molecule has 28 heavy (non-hydrogen) atoms. The second-order valence-electron chi connectivity index (χ2n) is 6.15. The van der Waals surface area contributed by atoms with Gasteiger partial charge in [-0.1, -0.05) is 31.2 Å². The molecule has 0 heterocycles. The Morgan fingerprint density at radius 3 is 2.29 bits per heavy atom. The van der Waals surface area contributed by atoms with E-state index in [-0.39, 0.29) is 18.9 Å². The van der Waals surface area contributed by atoms with E-state index >= 15 is 0 Å². The van der Waals surface area contributed by atoms with Crippen molar-refractivity contribution < 1.29 is 23.9 Å². The van der Waals surface area contributed by atoms with Crippen LogP contribution in [0.15, 0.2) is 48.5 Å². The number of hydrogen-bond donors (Lipinski definition) is 2. The van der Waals surface area contributed by atoms with Gasteiger partial charge in [-0.05, 0) is 48.7 Å². The molecule has 148 valence electrons. The molecular formula is C21H24N2O5. The lowest BCUT2D eigenvalue weighted by Gasteiger charge is -2.10. The molecule has 0 unspecified atom stereocenters. The number of nitrogens with one attached hydrogen (secondary N) is 2. The van der Waals surface area contributed by atoms with Crippen LogP contribution in [0.5, 0.6) is 5.75 Å². The first kappa shape index (κ1) is 21.0. The Balaban J connectivity index is 1.72. The van der Waals surface area contributed by atoms with Gasteiger partial charge >= 0.3 is 5.97 Å². The van der Waals surface area contributed by atoms with Gasteiger partial charge in [0.1, 0.15) is 5.75 Å².